The Hall–Kier alpha value is -1.41. The van der Waals surface area contributed by atoms with E-state index in [4.69, 9.17) is 0 Å². The van der Waals surface area contributed by atoms with Crippen molar-refractivity contribution in [2.45, 2.75) is 18.7 Å². The van der Waals surface area contributed by atoms with Crippen LogP contribution in [0.15, 0.2) is 53.4 Å². The summed E-state index contributed by atoms with van der Waals surface area (Å²) in [5, 5.41) is 0. The number of hydrogen-bond donors (Lipinski definition) is 1. The maximum atomic E-state index is 3.35. The van der Waals surface area contributed by atoms with Crippen molar-refractivity contribution in [1.82, 2.24) is 0 Å². The number of rotatable bonds is 3. The fourth-order valence-corrected chi connectivity index (χ4v) is 2.28. The lowest BCUT2D eigenvalue weighted by atomic mass is 10.2. The van der Waals surface area contributed by atoms with E-state index in [2.05, 4.69) is 48.9 Å². The average Bonchev–Trinajstić information content (AvgIpc) is 2.32. The summed E-state index contributed by atoms with van der Waals surface area (Å²) in [4.78, 5) is 1.28. The molecule has 0 fully saturated rings. The molecule has 0 heterocycles. The van der Waals surface area contributed by atoms with E-state index in [1.54, 1.807) is 11.9 Å². The molecule has 0 aromatic heterocycles. The van der Waals surface area contributed by atoms with E-state index in [0.717, 1.165) is 5.69 Å². The minimum atomic E-state index is 1.13. The van der Waals surface area contributed by atoms with E-state index in [0.29, 0.717) is 0 Å². The lowest BCUT2D eigenvalue weighted by Gasteiger charge is -2.08. The Kier molecular flexibility index (Phi) is 3.52. The zero-order valence-electron chi connectivity index (χ0n) is 9.53. The first kappa shape index (κ1) is 11.1. The Bertz CT molecular complexity index is 465. The molecular formula is C14H15NS. The summed E-state index contributed by atoms with van der Waals surface area (Å²) < 4.78 is 3.35. The van der Waals surface area contributed by atoms with Crippen LogP contribution < -0.4 is 4.72 Å². The van der Waals surface area contributed by atoms with Gasteiger partial charge < -0.3 is 4.72 Å². The second-order valence-electron chi connectivity index (χ2n) is 3.84. The van der Waals surface area contributed by atoms with Crippen LogP contribution >= 0.6 is 11.9 Å². The van der Waals surface area contributed by atoms with E-state index >= 15 is 0 Å². The van der Waals surface area contributed by atoms with Gasteiger partial charge in [-0.3, -0.25) is 0 Å². The maximum Gasteiger partial charge on any atom is 0.0443 e. The molecule has 16 heavy (non-hydrogen) atoms. The smallest absolute Gasteiger partial charge is 0.0443 e. The van der Waals surface area contributed by atoms with Gasteiger partial charge >= 0.3 is 0 Å². The number of para-hydroxylation sites is 1. The lowest BCUT2D eigenvalue weighted by molar-refractivity contribution is 1.26. The minimum absolute atomic E-state index is 1.13. The van der Waals surface area contributed by atoms with Crippen LogP contribution in [0.5, 0.6) is 0 Å². The molecule has 0 radical (unpaired) electrons. The van der Waals surface area contributed by atoms with Crippen molar-refractivity contribution in [3.63, 3.8) is 0 Å². The van der Waals surface area contributed by atoms with Crippen LogP contribution in [0.2, 0.25) is 0 Å². The molecule has 2 heteroatoms. The zero-order valence-corrected chi connectivity index (χ0v) is 10.3. The van der Waals surface area contributed by atoms with Gasteiger partial charge in [0, 0.05) is 10.6 Å². The first-order valence-corrected chi connectivity index (χ1v) is 6.12. The average molecular weight is 229 g/mol. The molecule has 1 N–H and O–H groups in total. The number of aryl methyl sites for hydroxylation is 2. The highest BCUT2D eigenvalue weighted by Gasteiger charge is 1.99. The van der Waals surface area contributed by atoms with Gasteiger partial charge in [0.2, 0.25) is 0 Å². The van der Waals surface area contributed by atoms with Gasteiger partial charge in [-0.1, -0.05) is 30.3 Å². The van der Waals surface area contributed by atoms with E-state index in [1.807, 2.05) is 18.2 Å². The third-order valence-electron chi connectivity index (χ3n) is 2.40. The van der Waals surface area contributed by atoms with E-state index in [1.165, 1.54) is 16.0 Å². The molecule has 2 aromatic carbocycles. The maximum absolute atomic E-state index is 3.35. The number of hydrogen-bond acceptors (Lipinski definition) is 2. The number of benzene rings is 2. The van der Waals surface area contributed by atoms with Crippen molar-refractivity contribution < 1.29 is 0 Å². The van der Waals surface area contributed by atoms with Crippen LogP contribution in [0, 0.1) is 13.8 Å². The monoisotopic (exact) mass is 229 g/mol. The van der Waals surface area contributed by atoms with Gasteiger partial charge in [0.05, 0.1) is 0 Å². The van der Waals surface area contributed by atoms with Crippen LogP contribution in [0.1, 0.15) is 11.1 Å². The molecular weight excluding hydrogens is 214 g/mol. The minimum Gasteiger partial charge on any atom is -0.326 e. The van der Waals surface area contributed by atoms with Gasteiger partial charge in [0.25, 0.3) is 0 Å². The van der Waals surface area contributed by atoms with Crippen molar-refractivity contribution in [3.05, 3.63) is 59.7 Å². The van der Waals surface area contributed by atoms with Gasteiger partial charge in [-0.05, 0) is 55.1 Å². The summed E-state index contributed by atoms with van der Waals surface area (Å²) in [7, 11) is 0. The van der Waals surface area contributed by atoms with Gasteiger partial charge in [0.1, 0.15) is 0 Å². The Morgan fingerprint density at radius 1 is 0.938 bits per heavy atom. The highest BCUT2D eigenvalue weighted by atomic mass is 32.2. The second kappa shape index (κ2) is 5.08. The van der Waals surface area contributed by atoms with Gasteiger partial charge in [-0.15, -0.1) is 0 Å². The van der Waals surface area contributed by atoms with Crippen molar-refractivity contribution in [3.8, 4) is 0 Å². The van der Waals surface area contributed by atoms with E-state index in [-0.39, 0.29) is 0 Å². The van der Waals surface area contributed by atoms with E-state index < -0.39 is 0 Å². The predicted molar refractivity (Wildman–Crippen MR) is 71.8 cm³/mol. The third-order valence-corrected chi connectivity index (χ3v) is 3.39. The first-order chi connectivity index (χ1) is 7.75. The fourth-order valence-electron chi connectivity index (χ4n) is 1.44. The number of anilines is 1. The molecule has 0 aliphatic heterocycles. The summed E-state index contributed by atoms with van der Waals surface area (Å²) in [5.74, 6) is 0. The Morgan fingerprint density at radius 3 is 2.44 bits per heavy atom. The molecule has 0 saturated carbocycles. The summed E-state index contributed by atoms with van der Waals surface area (Å²) >= 11 is 1.66. The fraction of sp³-hybridized carbons (Fsp3) is 0.143. The molecule has 0 aliphatic rings. The van der Waals surface area contributed by atoms with Crippen LogP contribution in [0.25, 0.3) is 0 Å². The molecule has 1 nitrogen and oxygen atoms in total. The van der Waals surface area contributed by atoms with Crippen LogP contribution in [0.4, 0.5) is 5.69 Å². The molecule has 0 aliphatic carbocycles. The standard InChI is InChI=1S/C14H15NS/c1-11-8-9-12(2)14(10-11)16-15-13-6-4-3-5-7-13/h3-10,15H,1-2H3. The lowest BCUT2D eigenvalue weighted by Crippen LogP contribution is -1.88. The molecule has 2 aromatic rings. The van der Waals surface area contributed by atoms with Crippen LogP contribution in [-0.2, 0) is 0 Å². The summed E-state index contributed by atoms with van der Waals surface area (Å²) in [6.45, 7) is 4.25. The van der Waals surface area contributed by atoms with Crippen molar-refractivity contribution >= 4 is 17.6 Å². The molecule has 2 rings (SSSR count). The van der Waals surface area contributed by atoms with Gasteiger partial charge in [-0.25, -0.2) is 0 Å². The summed E-state index contributed by atoms with van der Waals surface area (Å²) in [6, 6.07) is 16.7. The summed E-state index contributed by atoms with van der Waals surface area (Å²) in [6.07, 6.45) is 0. The topological polar surface area (TPSA) is 12.0 Å². The normalized spacial score (nSPS) is 10.1. The zero-order chi connectivity index (χ0) is 11.4. The van der Waals surface area contributed by atoms with Crippen molar-refractivity contribution in [2.24, 2.45) is 0 Å². The summed E-state index contributed by atoms with van der Waals surface area (Å²) in [5.41, 5.74) is 3.73. The van der Waals surface area contributed by atoms with Crippen molar-refractivity contribution in [2.75, 3.05) is 4.72 Å². The Balaban J connectivity index is 2.08. The molecule has 0 atom stereocenters. The molecule has 0 amide bonds. The first-order valence-electron chi connectivity index (χ1n) is 5.31. The molecule has 0 saturated heterocycles. The predicted octanol–water partition coefficient (Wildman–Crippen LogP) is 4.42. The third kappa shape index (κ3) is 2.80. The van der Waals surface area contributed by atoms with E-state index in [9.17, 15) is 0 Å². The number of nitrogens with one attached hydrogen (secondary N) is 1. The molecule has 0 bridgehead atoms. The highest BCUT2D eigenvalue weighted by Crippen LogP contribution is 2.24. The molecule has 0 spiro atoms. The van der Waals surface area contributed by atoms with Crippen LogP contribution in [-0.4, -0.2) is 0 Å². The van der Waals surface area contributed by atoms with Gasteiger partial charge in [0.15, 0.2) is 0 Å². The largest absolute Gasteiger partial charge is 0.326 e. The quantitative estimate of drug-likeness (QED) is 0.782. The Morgan fingerprint density at radius 2 is 1.69 bits per heavy atom. The van der Waals surface area contributed by atoms with Crippen LogP contribution in [0.3, 0.4) is 0 Å². The Labute approximate surface area is 101 Å². The molecule has 82 valence electrons. The van der Waals surface area contributed by atoms with Gasteiger partial charge in [-0.2, -0.15) is 0 Å². The highest BCUT2D eigenvalue weighted by molar-refractivity contribution is 8.00. The second-order valence-corrected chi connectivity index (χ2v) is 4.69. The SMILES string of the molecule is Cc1ccc(C)c(SNc2ccccc2)c1. The molecule has 0 unspecified atom stereocenters. The van der Waals surface area contributed by atoms with Crippen molar-refractivity contribution in [1.29, 1.82) is 0 Å².